The summed E-state index contributed by atoms with van der Waals surface area (Å²) in [7, 11) is -3.30. The monoisotopic (exact) mass is 345 g/mol. The van der Waals surface area contributed by atoms with Gasteiger partial charge in [0.15, 0.2) is 9.84 Å². The number of benzene rings is 2. The van der Waals surface area contributed by atoms with Crippen LogP contribution in [0, 0.1) is 6.92 Å². The van der Waals surface area contributed by atoms with Crippen LogP contribution in [-0.2, 0) is 20.4 Å². The number of nitrogens with one attached hydrogen (secondary N) is 1. The van der Waals surface area contributed by atoms with E-state index in [1.165, 1.54) is 0 Å². The molecule has 0 heterocycles. The minimum Gasteiger partial charge on any atom is -0.350 e. The van der Waals surface area contributed by atoms with Gasteiger partial charge in [0.2, 0.25) is 5.91 Å². The van der Waals surface area contributed by atoms with Gasteiger partial charge in [0.25, 0.3) is 0 Å². The smallest absolute Gasteiger partial charge is 0.221 e. The molecule has 0 saturated heterocycles. The standard InChI is InChI=1S/C19H23NO3S/c1-15-8-10-17(11-9-15)14-24(22,23)13-12-19(21)20-16(2)18-6-4-3-5-7-18/h3-11,16H,12-14H2,1-2H3,(H,20,21). The van der Waals surface area contributed by atoms with E-state index in [1.54, 1.807) is 0 Å². The van der Waals surface area contributed by atoms with E-state index in [4.69, 9.17) is 0 Å². The Bertz CT molecular complexity index is 768. The first kappa shape index (κ1) is 18.2. The van der Waals surface area contributed by atoms with Crippen molar-refractivity contribution in [3.8, 4) is 0 Å². The molecule has 2 rings (SSSR count). The van der Waals surface area contributed by atoms with Gasteiger partial charge < -0.3 is 5.32 Å². The number of hydrogen-bond donors (Lipinski definition) is 1. The minimum atomic E-state index is -3.30. The highest BCUT2D eigenvalue weighted by molar-refractivity contribution is 7.90. The molecule has 0 radical (unpaired) electrons. The van der Waals surface area contributed by atoms with Crippen molar-refractivity contribution >= 4 is 15.7 Å². The van der Waals surface area contributed by atoms with E-state index < -0.39 is 9.84 Å². The van der Waals surface area contributed by atoms with Gasteiger partial charge >= 0.3 is 0 Å². The van der Waals surface area contributed by atoms with Crippen LogP contribution < -0.4 is 5.32 Å². The van der Waals surface area contributed by atoms with Gasteiger partial charge in [0, 0.05) is 6.42 Å². The molecule has 0 spiro atoms. The quantitative estimate of drug-likeness (QED) is 0.838. The highest BCUT2D eigenvalue weighted by Crippen LogP contribution is 2.12. The molecule has 0 aliphatic heterocycles. The number of hydrogen-bond acceptors (Lipinski definition) is 3. The van der Waals surface area contributed by atoms with Crippen molar-refractivity contribution in [1.82, 2.24) is 5.32 Å². The highest BCUT2D eigenvalue weighted by Gasteiger charge is 2.16. The molecular formula is C19H23NO3S. The molecule has 5 heteroatoms. The third-order valence-corrected chi connectivity index (χ3v) is 5.42. The van der Waals surface area contributed by atoms with Crippen LogP contribution in [0.25, 0.3) is 0 Å². The Kier molecular flexibility index (Phi) is 6.15. The van der Waals surface area contributed by atoms with E-state index in [9.17, 15) is 13.2 Å². The number of amides is 1. The number of carbonyl (C=O) groups is 1. The molecule has 128 valence electrons. The number of sulfone groups is 1. The Labute approximate surface area is 143 Å². The molecule has 1 unspecified atom stereocenters. The molecule has 24 heavy (non-hydrogen) atoms. The molecule has 0 aliphatic rings. The summed E-state index contributed by atoms with van der Waals surface area (Å²) in [5.41, 5.74) is 2.83. The molecule has 0 aliphatic carbocycles. The first-order chi connectivity index (χ1) is 11.4. The highest BCUT2D eigenvalue weighted by atomic mass is 32.2. The fourth-order valence-corrected chi connectivity index (χ4v) is 3.74. The van der Waals surface area contributed by atoms with Crippen LogP contribution in [0.2, 0.25) is 0 Å². The third kappa shape index (κ3) is 5.81. The lowest BCUT2D eigenvalue weighted by atomic mass is 10.1. The second-order valence-electron chi connectivity index (χ2n) is 6.03. The molecule has 1 N–H and O–H groups in total. The van der Waals surface area contributed by atoms with Gasteiger partial charge in [0.05, 0.1) is 17.5 Å². The lowest BCUT2D eigenvalue weighted by molar-refractivity contribution is -0.121. The summed E-state index contributed by atoms with van der Waals surface area (Å²) in [6.07, 6.45) is -0.0225. The fourth-order valence-electron chi connectivity index (χ4n) is 2.40. The van der Waals surface area contributed by atoms with Crippen molar-refractivity contribution < 1.29 is 13.2 Å². The van der Waals surface area contributed by atoms with E-state index in [-0.39, 0.29) is 29.9 Å². The van der Waals surface area contributed by atoms with E-state index in [0.29, 0.717) is 0 Å². The second-order valence-corrected chi connectivity index (χ2v) is 8.21. The van der Waals surface area contributed by atoms with Gasteiger partial charge in [-0.1, -0.05) is 60.2 Å². The van der Waals surface area contributed by atoms with Gasteiger partial charge in [-0.2, -0.15) is 0 Å². The van der Waals surface area contributed by atoms with Gasteiger partial charge in [-0.25, -0.2) is 8.42 Å². The van der Waals surface area contributed by atoms with Gasteiger partial charge in [-0.15, -0.1) is 0 Å². The Morgan fingerprint density at radius 2 is 1.67 bits per heavy atom. The largest absolute Gasteiger partial charge is 0.350 e. The Balaban J connectivity index is 1.85. The zero-order valence-electron chi connectivity index (χ0n) is 14.0. The first-order valence-corrected chi connectivity index (χ1v) is 9.78. The van der Waals surface area contributed by atoms with Crippen molar-refractivity contribution in [2.75, 3.05) is 5.75 Å². The number of carbonyl (C=O) groups excluding carboxylic acids is 1. The van der Waals surface area contributed by atoms with Crippen LogP contribution in [0.15, 0.2) is 54.6 Å². The minimum absolute atomic E-state index is 0.0225. The van der Waals surface area contributed by atoms with Crippen LogP contribution in [0.1, 0.15) is 36.1 Å². The van der Waals surface area contributed by atoms with Crippen LogP contribution in [0.3, 0.4) is 0 Å². The fraction of sp³-hybridized carbons (Fsp3) is 0.316. The first-order valence-electron chi connectivity index (χ1n) is 7.96. The maximum absolute atomic E-state index is 12.2. The Hall–Kier alpha value is -2.14. The summed E-state index contributed by atoms with van der Waals surface area (Å²) in [6.45, 7) is 3.84. The average Bonchev–Trinajstić information content (AvgIpc) is 2.56. The molecule has 1 amide bonds. The van der Waals surface area contributed by atoms with Gasteiger partial charge in [-0.05, 0) is 25.0 Å². The maximum atomic E-state index is 12.2. The molecule has 2 aromatic carbocycles. The predicted molar refractivity (Wildman–Crippen MR) is 96.3 cm³/mol. The second kappa shape index (κ2) is 8.11. The van der Waals surface area contributed by atoms with Gasteiger partial charge in [0.1, 0.15) is 0 Å². The van der Waals surface area contributed by atoms with Crippen LogP contribution >= 0.6 is 0 Å². The van der Waals surface area contributed by atoms with Crippen molar-refractivity contribution in [2.24, 2.45) is 0 Å². The molecule has 0 saturated carbocycles. The van der Waals surface area contributed by atoms with E-state index in [2.05, 4.69) is 5.32 Å². The molecule has 0 bridgehead atoms. The topological polar surface area (TPSA) is 63.2 Å². The van der Waals surface area contributed by atoms with E-state index in [1.807, 2.05) is 68.4 Å². The summed E-state index contributed by atoms with van der Waals surface area (Å²) in [4.78, 5) is 12.0. The summed E-state index contributed by atoms with van der Waals surface area (Å²) < 4.78 is 24.3. The normalized spacial score (nSPS) is 12.6. The third-order valence-electron chi connectivity index (χ3n) is 3.82. The van der Waals surface area contributed by atoms with E-state index >= 15 is 0 Å². The van der Waals surface area contributed by atoms with Crippen molar-refractivity contribution in [1.29, 1.82) is 0 Å². The summed E-state index contributed by atoms with van der Waals surface area (Å²) in [5, 5.41) is 2.84. The molecule has 2 aromatic rings. The molecular weight excluding hydrogens is 322 g/mol. The lowest BCUT2D eigenvalue weighted by Gasteiger charge is -2.14. The Morgan fingerprint density at radius 1 is 1.04 bits per heavy atom. The van der Waals surface area contributed by atoms with Crippen molar-refractivity contribution in [3.63, 3.8) is 0 Å². The SMILES string of the molecule is Cc1ccc(CS(=O)(=O)CCC(=O)NC(C)c2ccccc2)cc1. The Morgan fingerprint density at radius 3 is 2.29 bits per heavy atom. The van der Waals surface area contributed by atoms with Crippen LogP contribution in [-0.4, -0.2) is 20.1 Å². The molecule has 0 aromatic heterocycles. The zero-order chi connectivity index (χ0) is 17.6. The zero-order valence-corrected chi connectivity index (χ0v) is 14.8. The van der Waals surface area contributed by atoms with Crippen molar-refractivity contribution in [3.05, 3.63) is 71.3 Å². The number of aryl methyl sites for hydroxylation is 1. The molecule has 4 nitrogen and oxygen atoms in total. The van der Waals surface area contributed by atoms with Crippen LogP contribution in [0.4, 0.5) is 0 Å². The molecule has 1 atom stereocenters. The summed E-state index contributed by atoms with van der Waals surface area (Å²) >= 11 is 0. The summed E-state index contributed by atoms with van der Waals surface area (Å²) in [6, 6.07) is 16.8. The number of rotatable bonds is 7. The summed E-state index contributed by atoms with van der Waals surface area (Å²) in [5.74, 6) is -0.429. The van der Waals surface area contributed by atoms with E-state index in [0.717, 1.165) is 16.7 Å². The molecule has 0 fully saturated rings. The van der Waals surface area contributed by atoms with Gasteiger partial charge in [-0.3, -0.25) is 4.79 Å². The maximum Gasteiger partial charge on any atom is 0.221 e. The predicted octanol–water partition coefficient (Wildman–Crippen LogP) is 3.18. The van der Waals surface area contributed by atoms with Crippen molar-refractivity contribution in [2.45, 2.75) is 32.1 Å². The average molecular weight is 345 g/mol. The lowest BCUT2D eigenvalue weighted by Crippen LogP contribution is -2.28. The van der Waals surface area contributed by atoms with Crippen LogP contribution in [0.5, 0.6) is 0 Å².